The molecule has 0 radical (unpaired) electrons. The number of amides is 1. The van der Waals surface area contributed by atoms with Gasteiger partial charge in [0.2, 0.25) is 5.91 Å². The van der Waals surface area contributed by atoms with Gasteiger partial charge in [0.05, 0.1) is 5.92 Å². The van der Waals surface area contributed by atoms with E-state index in [1.165, 1.54) is 0 Å². The van der Waals surface area contributed by atoms with Crippen LogP contribution in [0.15, 0.2) is 18.3 Å². The quantitative estimate of drug-likeness (QED) is 0.879. The van der Waals surface area contributed by atoms with Crippen molar-refractivity contribution in [3.8, 4) is 0 Å². The summed E-state index contributed by atoms with van der Waals surface area (Å²) in [7, 11) is 1.95. The van der Waals surface area contributed by atoms with E-state index < -0.39 is 0 Å². The second-order valence-electron chi connectivity index (χ2n) is 5.96. The largest absolute Gasteiger partial charge is 0.353 e. The molecule has 0 aromatic carbocycles. The van der Waals surface area contributed by atoms with Crippen LogP contribution in [0.2, 0.25) is 0 Å². The molecule has 6 nitrogen and oxygen atoms in total. The van der Waals surface area contributed by atoms with Crippen LogP contribution in [-0.4, -0.2) is 60.3 Å². The average molecular weight is 289 g/mol. The van der Waals surface area contributed by atoms with Gasteiger partial charge in [-0.2, -0.15) is 5.10 Å². The van der Waals surface area contributed by atoms with E-state index in [-0.39, 0.29) is 17.9 Å². The molecular formula is C15H23N5O. The summed E-state index contributed by atoms with van der Waals surface area (Å²) in [6, 6.07) is 4.16. The second-order valence-corrected chi connectivity index (χ2v) is 5.96. The SMILES string of the molecule is CN(C(=O)C1CCNC1)C1CCCN(c2cccnn2)C1. The highest BCUT2D eigenvalue weighted by molar-refractivity contribution is 5.79. The molecule has 3 rings (SSSR count). The molecule has 0 spiro atoms. The van der Waals surface area contributed by atoms with Crippen molar-refractivity contribution in [1.82, 2.24) is 20.4 Å². The third-order valence-electron chi connectivity index (χ3n) is 4.58. The lowest BCUT2D eigenvalue weighted by Gasteiger charge is -2.38. The maximum atomic E-state index is 12.5. The van der Waals surface area contributed by atoms with Crippen LogP contribution < -0.4 is 10.2 Å². The molecule has 114 valence electrons. The molecule has 2 unspecified atom stereocenters. The number of carbonyl (C=O) groups is 1. The number of hydrogen-bond donors (Lipinski definition) is 1. The summed E-state index contributed by atoms with van der Waals surface area (Å²) in [5, 5.41) is 11.4. The number of nitrogens with zero attached hydrogens (tertiary/aromatic N) is 4. The van der Waals surface area contributed by atoms with Crippen molar-refractivity contribution in [1.29, 1.82) is 0 Å². The van der Waals surface area contributed by atoms with E-state index in [2.05, 4.69) is 20.4 Å². The van der Waals surface area contributed by atoms with Gasteiger partial charge >= 0.3 is 0 Å². The summed E-state index contributed by atoms with van der Waals surface area (Å²) in [6.07, 6.45) is 4.80. The molecule has 0 saturated carbocycles. The Morgan fingerprint density at radius 2 is 2.38 bits per heavy atom. The first kappa shape index (κ1) is 14.3. The van der Waals surface area contributed by atoms with Crippen LogP contribution >= 0.6 is 0 Å². The lowest BCUT2D eigenvalue weighted by Crippen LogP contribution is -2.50. The summed E-state index contributed by atoms with van der Waals surface area (Å²) in [5.41, 5.74) is 0. The van der Waals surface area contributed by atoms with E-state index in [1.54, 1.807) is 6.20 Å². The number of hydrogen-bond acceptors (Lipinski definition) is 5. The summed E-state index contributed by atoms with van der Waals surface area (Å²) < 4.78 is 0. The Morgan fingerprint density at radius 3 is 3.10 bits per heavy atom. The molecule has 1 N–H and O–H groups in total. The highest BCUT2D eigenvalue weighted by Gasteiger charge is 2.31. The third-order valence-corrected chi connectivity index (χ3v) is 4.58. The van der Waals surface area contributed by atoms with Gasteiger partial charge in [0, 0.05) is 38.9 Å². The van der Waals surface area contributed by atoms with Crippen molar-refractivity contribution in [2.45, 2.75) is 25.3 Å². The van der Waals surface area contributed by atoms with Gasteiger partial charge in [-0.15, -0.1) is 5.10 Å². The number of nitrogens with one attached hydrogen (secondary N) is 1. The molecule has 2 fully saturated rings. The van der Waals surface area contributed by atoms with E-state index in [4.69, 9.17) is 0 Å². The van der Waals surface area contributed by atoms with Crippen molar-refractivity contribution in [3.63, 3.8) is 0 Å². The minimum atomic E-state index is 0.155. The van der Waals surface area contributed by atoms with Gasteiger partial charge in [-0.1, -0.05) is 0 Å². The first-order valence-corrected chi connectivity index (χ1v) is 7.76. The van der Waals surface area contributed by atoms with Gasteiger partial charge in [-0.25, -0.2) is 0 Å². The Balaban J connectivity index is 1.64. The predicted octanol–water partition coefficient (Wildman–Crippen LogP) is 0.513. The Kier molecular flexibility index (Phi) is 4.34. The van der Waals surface area contributed by atoms with Crippen LogP contribution in [-0.2, 0) is 4.79 Å². The molecule has 2 saturated heterocycles. The van der Waals surface area contributed by atoms with Crippen LogP contribution in [0.1, 0.15) is 19.3 Å². The first-order valence-electron chi connectivity index (χ1n) is 7.76. The van der Waals surface area contributed by atoms with E-state index >= 15 is 0 Å². The standard InChI is InChI=1S/C15H23N5O/c1-19(15(21)12-6-8-16-10-12)13-4-3-9-20(11-13)14-5-2-7-17-18-14/h2,5,7,12-13,16H,3-4,6,8-11H2,1H3. The number of aromatic nitrogens is 2. The summed E-state index contributed by atoms with van der Waals surface area (Å²) in [6.45, 7) is 3.62. The van der Waals surface area contributed by atoms with Crippen LogP contribution in [0.5, 0.6) is 0 Å². The lowest BCUT2D eigenvalue weighted by atomic mass is 10.0. The molecule has 21 heavy (non-hydrogen) atoms. The zero-order chi connectivity index (χ0) is 14.7. The van der Waals surface area contributed by atoms with E-state index in [1.807, 2.05) is 24.1 Å². The van der Waals surface area contributed by atoms with E-state index in [0.29, 0.717) is 0 Å². The minimum Gasteiger partial charge on any atom is -0.353 e. The van der Waals surface area contributed by atoms with E-state index in [0.717, 1.165) is 51.3 Å². The van der Waals surface area contributed by atoms with Gasteiger partial charge < -0.3 is 15.1 Å². The normalized spacial score (nSPS) is 25.9. The second kappa shape index (κ2) is 6.39. The molecule has 1 amide bonds. The van der Waals surface area contributed by atoms with Crippen molar-refractivity contribution < 1.29 is 4.79 Å². The van der Waals surface area contributed by atoms with Crippen molar-refractivity contribution in [3.05, 3.63) is 18.3 Å². The molecule has 1 aromatic heterocycles. The fraction of sp³-hybridized carbons (Fsp3) is 0.667. The van der Waals surface area contributed by atoms with Crippen molar-refractivity contribution in [2.75, 3.05) is 38.1 Å². The highest BCUT2D eigenvalue weighted by atomic mass is 16.2. The van der Waals surface area contributed by atoms with Crippen LogP contribution in [0.3, 0.4) is 0 Å². The molecule has 6 heteroatoms. The number of anilines is 1. The fourth-order valence-electron chi connectivity index (χ4n) is 3.27. The lowest BCUT2D eigenvalue weighted by molar-refractivity contribution is -0.135. The van der Waals surface area contributed by atoms with Crippen LogP contribution in [0.4, 0.5) is 5.82 Å². The van der Waals surface area contributed by atoms with Gasteiger partial charge in [-0.05, 0) is 37.9 Å². The Hall–Kier alpha value is -1.69. The monoisotopic (exact) mass is 289 g/mol. The molecule has 2 aliphatic rings. The topological polar surface area (TPSA) is 61.4 Å². The molecular weight excluding hydrogens is 266 g/mol. The van der Waals surface area contributed by atoms with Crippen molar-refractivity contribution >= 4 is 11.7 Å². The number of piperidine rings is 1. The Bertz CT molecular complexity index is 474. The van der Waals surface area contributed by atoms with Gasteiger partial charge in [0.1, 0.15) is 0 Å². The molecule has 2 atom stereocenters. The van der Waals surface area contributed by atoms with Gasteiger partial charge in [0.15, 0.2) is 5.82 Å². The third kappa shape index (κ3) is 3.15. The fourth-order valence-corrected chi connectivity index (χ4v) is 3.27. The molecule has 0 bridgehead atoms. The summed E-state index contributed by atoms with van der Waals surface area (Å²) in [5.74, 6) is 1.35. The molecule has 2 aliphatic heterocycles. The highest BCUT2D eigenvalue weighted by Crippen LogP contribution is 2.21. The number of carbonyl (C=O) groups excluding carboxylic acids is 1. The first-order chi connectivity index (χ1) is 10.3. The number of likely N-dealkylation sites (N-methyl/N-ethyl adjacent to an activating group) is 1. The molecule has 3 heterocycles. The maximum Gasteiger partial charge on any atom is 0.227 e. The minimum absolute atomic E-state index is 0.155. The summed E-state index contributed by atoms with van der Waals surface area (Å²) in [4.78, 5) is 16.7. The van der Waals surface area contributed by atoms with Crippen LogP contribution in [0.25, 0.3) is 0 Å². The molecule has 1 aromatic rings. The van der Waals surface area contributed by atoms with Gasteiger partial charge in [-0.3, -0.25) is 4.79 Å². The van der Waals surface area contributed by atoms with Crippen LogP contribution in [0, 0.1) is 5.92 Å². The molecule has 0 aliphatic carbocycles. The smallest absolute Gasteiger partial charge is 0.227 e. The number of rotatable bonds is 3. The van der Waals surface area contributed by atoms with E-state index in [9.17, 15) is 4.79 Å². The Labute approximate surface area is 125 Å². The average Bonchev–Trinajstić information content (AvgIpc) is 3.09. The summed E-state index contributed by atoms with van der Waals surface area (Å²) >= 11 is 0. The predicted molar refractivity (Wildman–Crippen MR) is 81.0 cm³/mol. The maximum absolute atomic E-state index is 12.5. The zero-order valence-electron chi connectivity index (χ0n) is 12.5. The Morgan fingerprint density at radius 1 is 1.48 bits per heavy atom. The zero-order valence-corrected chi connectivity index (χ0v) is 12.5. The van der Waals surface area contributed by atoms with Crippen molar-refractivity contribution in [2.24, 2.45) is 5.92 Å². The van der Waals surface area contributed by atoms with Gasteiger partial charge in [0.25, 0.3) is 0 Å².